The van der Waals surface area contributed by atoms with E-state index in [9.17, 15) is 5.11 Å². The number of aromatic nitrogens is 2. The van der Waals surface area contributed by atoms with Crippen LogP contribution in [0.25, 0.3) is 0 Å². The van der Waals surface area contributed by atoms with Crippen LogP contribution in [0.4, 0.5) is 0 Å². The lowest BCUT2D eigenvalue weighted by Gasteiger charge is -2.15. The molecule has 1 aromatic rings. The number of hydrogen-bond acceptors (Lipinski definition) is 3. The van der Waals surface area contributed by atoms with Gasteiger partial charge in [0.25, 0.3) is 0 Å². The van der Waals surface area contributed by atoms with E-state index in [0.29, 0.717) is 12.0 Å². The highest BCUT2D eigenvalue weighted by Crippen LogP contribution is 2.25. The minimum Gasteiger partial charge on any atom is -0.393 e. The Hall–Kier alpha value is -0.870. The van der Waals surface area contributed by atoms with Gasteiger partial charge in [0.1, 0.15) is 0 Å². The molecule has 4 heteroatoms. The number of nitrogens with zero attached hydrogens (tertiary/aromatic N) is 1. The van der Waals surface area contributed by atoms with Gasteiger partial charge in [0.2, 0.25) is 0 Å². The van der Waals surface area contributed by atoms with Gasteiger partial charge in [-0.15, -0.1) is 0 Å². The summed E-state index contributed by atoms with van der Waals surface area (Å²) in [4.78, 5) is 0. The molecule has 0 bridgehead atoms. The number of nitrogens with one attached hydrogen (secondary N) is 2. The van der Waals surface area contributed by atoms with Crippen LogP contribution in [0.15, 0.2) is 12.3 Å². The smallest absolute Gasteiger partial charge is 0.0543 e. The van der Waals surface area contributed by atoms with E-state index in [4.69, 9.17) is 0 Å². The fourth-order valence-corrected chi connectivity index (χ4v) is 2.20. The van der Waals surface area contributed by atoms with E-state index < -0.39 is 0 Å². The minimum atomic E-state index is -0.0701. The average molecular weight is 209 g/mol. The predicted octanol–water partition coefficient (Wildman–Crippen LogP) is 1.22. The summed E-state index contributed by atoms with van der Waals surface area (Å²) in [6, 6.07) is 2.30. The fraction of sp³-hybridized carbons (Fsp3) is 0.727. The van der Waals surface area contributed by atoms with Crippen molar-refractivity contribution >= 4 is 0 Å². The van der Waals surface area contributed by atoms with E-state index >= 15 is 0 Å². The van der Waals surface area contributed by atoms with Crippen molar-refractivity contribution in [3.63, 3.8) is 0 Å². The first kappa shape index (κ1) is 10.6. The van der Waals surface area contributed by atoms with Crippen LogP contribution >= 0.6 is 0 Å². The molecule has 1 aliphatic carbocycles. The van der Waals surface area contributed by atoms with E-state index in [0.717, 1.165) is 31.5 Å². The third-order valence-electron chi connectivity index (χ3n) is 3.22. The fourth-order valence-electron chi connectivity index (χ4n) is 2.20. The topological polar surface area (TPSA) is 60.9 Å². The van der Waals surface area contributed by atoms with Gasteiger partial charge in [0.05, 0.1) is 11.8 Å². The van der Waals surface area contributed by atoms with Crippen LogP contribution in [0.5, 0.6) is 0 Å². The standard InChI is InChI=1S/C11H19N3O/c1-8(11-4-5-13-14-11)12-7-9-2-3-10(15)6-9/h4-5,8-10,12,15H,2-3,6-7H2,1H3,(H,13,14). The van der Waals surface area contributed by atoms with Crippen molar-refractivity contribution < 1.29 is 5.11 Å². The zero-order valence-electron chi connectivity index (χ0n) is 9.11. The molecule has 0 spiro atoms. The summed E-state index contributed by atoms with van der Waals surface area (Å²) in [7, 11) is 0. The molecule has 3 N–H and O–H groups in total. The van der Waals surface area contributed by atoms with Crippen molar-refractivity contribution in [2.75, 3.05) is 6.54 Å². The Morgan fingerprint density at radius 2 is 2.53 bits per heavy atom. The van der Waals surface area contributed by atoms with Gasteiger partial charge in [-0.3, -0.25) is 5.10 Å². The summed E-state index contributed by atoms with van der Waals surface area (Å²) >= 11 is 0. The van der Waals surface area contributed by atoms with Crippen LogP contribution in [-0.2, 0) is 0 Å². The normalized spacial score (nSPS) is 28.1. The zero-order valence-corrected chi connectivity index (χ0v) is 9.11. The minimum absolute atomic E-state index is 0.0701. The molecule has 1 aliphatic rings. The Bertz CT molecular complexity index is 286. The molecule has 0 aliphatic heterocycles. The van der Waals surface area contributed by atoms with E-state index in [1.165, 1.54) is 0 Å². The number of aliphatic hydroxyl groups is 1. The van der Waals surface area contributed by atoms with Gasteiger partial charge in [0, 0.05) is 12.2 Å². The highest BCUT2D eigenvalue weighted by Gasteiger charge is 2.22. The summed E-state index contributed by atoms with van der Waals surface area (Å²) in [5.41, 5.74) is 1.12. The first-order valence-electron chi connectivity index (χ1n) is 5.66. The van der Waals surface area contributed by atoms with Crippen molar-refractivity contribution in [2.45, 2.75) is 38.3 Å². The third-order valence-corrected chi connectivity index (χ3v) is 3.22. The molecule has 1 fully saturated rings. The maximum atomic E-state index is 9.40. The maximum Gasteiger partial charge on any atom is 0.0543 e. The number of H-pyrrole nitrogens is 1. The highest BCUT2D eigenvalue weighted by atomic mass is 16.3. The Labute approximate surface area is 90.1 Å². The van der Waals surface area contributed by atoms with Crippen LogP contribution in [0.3, 0.4) is 0 Å². The first-order chi connectivity index (χ1) is 7.25. The van der Waals surface area contributed by atoms with Crippen molar-refractivity contribution in [1.29, 1.82) is 0 Å². The molecule has 0 radical (unpaired) electrons. The third kappa shape index (κ3) is 2.79. The second-order valence-electron chi connectivity index (χ2n) is 4.47. The van der Waals surface area contributed by atoms with Crippen LogP contribution < -0.4 is 5.32 Å². The molecule has 84 valence electrons. The van der Waals surface area contributed by atoms with E-state index in [1.54, 1.807) is 6.20 Å². The molecule has 2 rings (SSSR count). The van der Waals surface area contributed by atoms with Crippen molar-refractivity contribution in [3.8, 4) is 0 Å². The first-order valence-corrected chi connectivity index (χ1v) is 5.66. The van der Waals surface area contributed by atoms with Crippen molar-refractivity contribution in [1.82, 2.24) is 15.5 Å². The summed E-state index contributed by atoms with van der Waals surface area (Å²) in [5, 5.41) is 19.8. The zero-order chi connectivity index (χ0) is 10.7. The summed E-state index contributed by atoms with van der Waals surface area (Å²) < 4.78 is 0. The summed E-state index contributed by atoms with van der Waals surface area (Å²) in [5.74, 6) is 0.630. The van der Waals surface area contributed by atoms with Gasteiger partial charge >= 0.3 is 0 Å². The van der Waals surface area contributed by atoms with Crippen molar-refractivity contribution in [2.24, 2.45) is 5.92 Å². The molecule has 3 unspecified atom stereocenters. The Kier molecular flexibility index (Phi) is 3.38. The maximum absolute atomic E-state index is 9.40. The van der Waals surface area contributed by atoms with E-state index in [1.807, 2.05) is 6.07 Å². The van der Waals surface area contributed by atoms with Crippen LogP contribution in [-0.4, -0.2) is 28.0 Å². The number of hydrogen-bond donors (Lipinski definition) is 3. The monoisotopic (exact) mass is 209 g/mol. The molecule has 15 heavy (non-hydrogen) atoms. The quantitative estimate of drug-likeness (QED) is 0.698. The van der Waals surface area contributed by atoms with Gasteiger partial charge in [-0.25, -0.2) is 0 Å². The van der Waals surface area contributed by atoms with Crippen LogP contribution in [0.1, 0.15) is 37.9 Å². The molecule has 1 saturated carbocycles. The molecule has 0 saturated heterocycles. The van der Waals surface area contributed by atoms with Crippen LogP contribution in [0, 0.1) is 5.92 Å². The molecular formula is C11H19N3O. The lowest BCUT2D eigenvalue weighted by atomic mass is 10.1. The van der Waals surface area contributed by atoms with Gasteiger partial charge in [-0.05, 0) is 44.7 Å². The number of rotatable bonds is 4. The van der Waals surface area contributed by atoms with Gasteiger partial charge in [-0.1, -0.05) is 0 Å². The molecule has 3 atom stereocenters. The molecule has 0 amide bonds. The van der Waals surface area contributed by atoms with Gasteiger partial charge in [-0.2, -0.15) is 5.10 Å². The van der Waals surface area contributed by atoms with Gasteiger partial charge < -0.3 is 10.4 Å². The highest BCUT2D eigenvalue weighted by molar-refractivity contribution is 5.02. The van der Waals surface area contributed by atoms with Crippen molar-refractivity contribution in [3.05, 3.63) is 18.0 Å². The number of aliphatic hydroxyl groups excluding tert-OH is 1. The Balaban J connectivity index is 1.74. The predicted molar refractivity (Wildman–Crippen MR) is 58.4 cm³/mol. The Morgan fingerprint density at radius 1 is 1.67 bits per heavy atom. The lowest BCUT2D eigenvalue weighted by molar-refractivity contribution is 0.177. The van der Waals surface area contributed by atoms with E-state index in [2.05, 4.69) is 22.4 Å². The summed E-state index contributed by atoms with van der Waals surface area (Å²) in [6.45, 7) is 3.11. The number of aromatic amines is 1. The second kappa shape index (κ2) is 4.77. The van der Waals surface area contributed by atoms with Gasteiger partial charge in [0.15, 0.2) is 0 Å². The lowest BCUT2D eigenvalue weighted by Crippen LogP contribution is -2.25. The molecule has 1 aromatic heterocycles. The molecule has 4 nitrogen and oxygen atoms in total. The van der Waals surface area contributed by atoms with E-state index in [-0.39, 0.29) is 6.10 Å². The molecular weight excluding hydrogens is 190 g/mol. The SMILES string of the molecule is CC(NCC1CCC(O)C1)c1ccn[nH]1. The van der Waals surface area contributed by atoms with Crippen LogP contribution in [0.2, 0.25) is 0 Å². The summed E-state index contributed by atoms with van der Waals surface area (Å²) in [6.07, 6.45) is 4.75. The molecule has 0 aromatic carbocycles. The second-order valence-corrected chi connectivity index (χ2v) is 4.47. The largest absolute Gasteiger partial charge is 0.393 e. The average Bonchev–Trinajstić information content (AvgIpc) is 2.84. The molecule has 1 heterocycles. The Morgan fingerprint density at radius 3 is 3.13 bits per heavy atom.